The molecule has 0 saturated carbocycles. The van der Waals surface area contributed by atoms with E-state index in [1.807, 2.05) is 24.3 Å². The Morgan fingerprint density at radius 2 is 1.94 bits per heavy atom. The summed E-state index contributed by atoms with van der Waals surface area (Å²) < 4.78 is 5.18. The Bertz CT molecular complexity index is 329. The highest BCUT2D eigenvalue weighted by atomic mass is 35.5. The Labute approximate surface area is 109 Å². The number of nitrogens with zero attached hydrogens (tertiary/aromatic N) is 1. The molecule has 0 radical (unpaired) electrons. The van der Waals surface area contributed by atoms with Crippen molar-refractivity contribution in [2.45, 2.75) is 19.0 Å². The molecule has 2 N–H and O–H groups in total. The molecule has 3 nitrogen and oxygen atoms in total. The first-order valence-electron chi connectivity index (χ1n) is 5.76. The summed E-state index contributed by atoms with van der Waals surface area (Å²) in [6.45, 7) is 3.38. The maximum atomic E-state index is 5.88. The number of rotatable bonds is 6. The third-order valence-electron chi connectivity index (χ3n) is 3.17. The lowest BCUT2D eigenvalue weighted by atomic mass is 10.1. The molecule has 2 atom stereocenters. The van der Waals surface area contributed by atoms with Crippen molar-refractivity contribution >= 4 is 11.6 Å². The van der Waals surface area contributed by atoms with Gasteiger partial charge in [0.2, 0.25) is 0 Å². The molecule has 96 valence electrons. The van der Waals surface area contributed by atoms with Gasteiger partial charge in [0.05, 0.1) is 6.61 Å². The highest BCUT2D eigenvalue weighted by Crippen LogP contribution is 2.22. The van der Waals surface area contributed by atoms with Crippen LogP contribution in [0.1, 0.15) is 18.5 Å². The number of nitrogens with two attached hydrogens (primary N) is 1. The minimum absolute atomic E-state index is 0.227. The smallest absolute Gasteiger partial charge is 0.0630 e. The standard InChI is InChI=1S/C13H21ClN2O/c1-10(11-4-6-12(14)7-5-11)16(2)13(8-15)9-17-3/h4-7,10,13H,8-9,15H2,1-3H3. The summed E-state index contributed by atoms with van der Waals surface area (Å²) in [5.41, 5.74) is 6.99. The van der Waals surface area contributed by atoms with E-state index in [0.29, 0.717) is 13.2 Å². The van der Waals surface area contributed by atoms with E-state index in [-0.39, 0.29) is 12.1 Å². The molecule has 0 aliphatic heterocycles. The number of halogens is 1. The van der Waals surface area contributed by atoms with Gasteiger partial charge in [0, 0.05) is 30.8 Å². The molecule has 0 bridgehead atoms. The second kappa shape index (κ2) is 6.97. The Balaban J connectivity index is 2.73. The van der Waals surface area contributed by atoms with Gasteiger partial charge in [0.25, 0.3) is 0 Å². The van der Waals surface area contributed by atoms with Crippen molar-refractivity contribution in [2.75, 3.05) is 27.3 Å². The molecule has 17 heavy (non-hydrogen) atoms. The molecular formula is C13H21ClN2O. The molecule has 0 aliphatic carbocycles. The SMILES string of the molecule is COCC(CN)N(C)C(C)c1ccc(Cl)cc1. The van der Waals surface area contributed by atoms with E-state index in [2.05, 4.69) is 18.9 Å². The van der Waals surface area contributed by atoms with Crippen LogP contribution in [0, 0.1) is 0 Å². The average molecular weight is 257 g/mol. The number of hydrogen-bond acceptors (Lipinski definition) is 3. The maximum Gasteiger partial charge on any atom is 0.0630 e. The van der Waals surface area contributed by atoms with Crippen LogP contribution in [-0.4, -0.2) is 38.3 Å². The minimum Gasteiger partial charge on any atom is -0.383 e. The Morgan fingerprint density at radius 1 is 1.35 bits per heavy atom. The van der Waals surface area contributed by atoms with Crippen molar-refractivity contribution in [1.29, 1.82) is 0 Å². The van der Waals surface area contributed by atoms with Gasteiger partial charge in [-0.1, -0.05) is 23.7 Å². The zero-order valence-corrected chi connectivity index (χ0v) is 11.4. The fourth-order valence-electron chi connectivity index (χ4n) is 1.84. The highest BCUT2D eigenvalue weighted by molar-refractivity contribution is 6.30. The first-order chi connectivity index (χ1) is 8.10. The molecule has 1 rings (SSSR count). The van der Waals surface area contributed by atoms with Crippen LogP contribution in [0.5, 0.6) is 0 Å². The third-order valence-corrected chi connectivity index (χ3v) is 3.42. The molecule has 0 amide bonds. The predicted molar refractivity (Wildman–Crippen MR) is 72.3 cm³/mol. The summed E-state index contributed by atoms with van der Waals surface area (Å²) >= 11 is 5.88. The van der Waals surface area contributed by atoms with E-state index in [1.54, 1.807) is 7.11 Å². The molecule has 1 aromatic rings. The van der Waals surface area contributed by atoms with Crippen LogP contribution in [0.15, 0.2) is 24.3 Å². The van der Waals surface area contributed by atoms with Crippen LogP contribution in [0.3, 0.4) is 0 Å². The summed E-state index contributed by atoms with van der Waals surface area (Å²) in [7, 11) is 3.76. The van der Waals surface area contributed by atoms with Gasteiger partial charge in [0.15, 0.2) is 0 Å². The fourth-order valence-corrected chi connectivity index (χ4v) is 1.96. The molecular weight excluding hydrogens is 236 g/mol. The van der Waals surface area contributed by atoms with Gasteiger partial charge in [-0.3, -0.25) is 4.90 Å². The predicted octanol–water partition coefficient (Wildman–Crippen LogP) is 2.31. The number of methoxy groups -OCH3 is 1. The molecule has 0 spiro atoms. The Kier molecular flexibility index (Phi) is 5.92. The molecule has 4 heteroatoms. The van der Waals surface area contributed by atoms with Gasteiger partial charge in [-0.05, 0) is 31.7 Å². The molecule has 0 aliphatic rings. The van der Waals surface area contributed by atoms with Crippen LogP contribution >= 0.6 is 11.6 Å². The maximum absolute atomic E-state index is 5.88. The van der Waals surface area contributed by atoms with Crippen molar-refractivity contribution < 1.29 is 4.74 Å². The second-order valence-electron chi connectivity index (χ2n) is 4.24. The van der Waals surface area contributed by atoms with Crippen LogP contribution in [0.4, 0.5) is 0 Å². The van der Waals surface area contributed by atoms with E-state index < -0.39 is 0 Å². The van der Waals surface area contributed by atoms with Crippen LogP contribution in [0.2, 0.25) is 5.02 Å². The van der Waals surface area contributed by atoms with Crippen molar-refractivity contribution in [2.24, 2.45) is 5.73 Å². The molecule has 0 saturated heterocycles. The summed E-state index contributed by atoms with van der Waals surface area (Å²) in [6.07, 6.45) is 0. The van der Waals surface area contributed by atoms with Gasteiger partial charge in [-0.2, -0.15) is 0 Å². The lowest BCUT2D eigenvalue weighted by molar-refractivity contribution is 0.0885. The fraction of sp³-hybridized carbons (Fsp3) is 0.538. The highest BCUT2D eigenvalue weighted by Gasteiger charge is 2.19. The Morgan fingerprint density at radius 3 is 2.41 bits per heavy atom. The summed E-state index contributed by atoms with van der Waals surface area (Å²) in [5.74, 6) is 0. The van der Waals surface area contributed by atoms with Gasteiger partial charge >= 0.3 is 0 Å². The molecule has 1 aromatic carbocycles. The number of benzene rings is 1. The molecule has 0 heterocycles. The van der Waals surface area contributed by atoms with E-state index in [0.717, 1.165) is 5.02 Å². The lowest BCUT2D eigenvalue weighted by Crippen LogP contribution is -2.42. The third kappa shape index (κ3) is 3.96. The zero-order chi connectivity index (χ0) is 12.8. The number of hydrogen-bond donors (Lipinski definition) is 1. The lowest BCUT2D eigenvalue weighted by Gasteiger charge is -2.32. The minimum atomic E-state index is 0.227. The van der Waals surface area contributed by atoms with E-state index in [4.69, 9.17) is 22.1 Å². The van der Waals surface area contributed by atoms with Gasteiger partial charge < -0.3 is 10.5 Å². The van der Waals surface area contributed by atoms with Crippen molar-refractivity contribution in [3.63, 3.8) is 0 Å². The number of likely N-dealkylation sites (N-methyl/N-ethyl adjacent to an activating group) is 1. The van der Waals surface area contributed by atoms with Crippen molar-refractivity contribution in [3.8, 4) is 0 Å². The monoisotopic (exact) mass is 256 g/mol. The Hall–Kier alpha value is -0.610. The second-order valence-corrected chi connectivity index (χ2v) is 4.67. The quantitative estimate of drug-likeness (QED) is 0.849. The molecule has 0 fully saturated rings. The molecule has 2 unspecified atom stereocenters. The van der Waals surface area contributed by atoms with E-state index >= 15 is 0 Å². The summed E-state index contributed by atoms with van der Waals surface area (Å²) in [4.78, 5) is 2.23. The van der Waals surface area contributed by atoms with Crippen molar-refractivity contribution in [1.82, 2.24) is 4.90 Å². The summed E-state index contributed by atoms with van der Waals surface area (Å²) in [5, 5.41) is 0.760. The largest absolute Gasteiger partial charge is 0.383 e. The van der Waals surface area contributed by atoms with Crippen molar-refractivity contribution in [3.05, 3.63) is 34.9 Å². The zero-order valence-electron chi connectivity index (χ0n) is 10.7. The first kappa shape index (κ1) is 14.5. The van der Waals surface area contributed by atoms with E-state index in [9.17, 15) is 0 Å². The van der Waals surface area contributed by atoms with E-state index in [1.165, 1.54) is 5.56 Å². The topological polar surface area (TPSA) is 38.5 Å². The van der Waals surface area contributed by atoms with Gasteiger partial charge in [-0.15, -0.1) is 0 Å². The van der Waals surface area contributed by atoms with Crippen LogP contribution < -0.4 is 5.73 Å². The van der Waals surface area contributed by atoms with Gasteiger partial charge in [-0.25, -0.2) is 0 Å². The van der Waals surface area contributed by atoms with Crippen LogP contribution in [0.25, 0.3) is 0 Å². The summed E-state index contributed by atoms with van der Waals surface area (Å²) in [6, 6.07) is 8.43. The number of ether oxygens (including phenoxy) is 1. The molecule has 0 aromatic heterocycles. The average Bonchev–Trinajstić information content (AvgIpc) is 2.35. The normalized spacial score (nSPS) is 14.9. The van der Waals surface area contributed by atoms with Crippen LogP contribution in [-0.2, 0) is 4.74 Å². The van der Waals surface area contributed by atoms with Gasteiger partial charge in [0.1, 0.15) is 0 Å². The first-order valence-corrected chi connectivity index (χ1v) is 6.14.